The highest BCUT2D eigenvalue weighted by molar-refractivity contribution is 7.89. The van der Waals surface area contributed by atoms with Crippen molar-refractivity contribution in [3.05, 3.63) is 30.1 Å². The van der Waals surface area contributed by atoms with Crippen LogP contribution in [0.1, 0.15) is 25.7 Å². The van der Waals surface area contributed by atoms with E-state index in [1.54, 1.807) is 0 Å². The van der Waals surface area contributed by atoms with E-state index < -0.39 is 15.8 Å². The van der Waals surface area contributed by atoms with E-state index in [4.69, 9.17) is 12.2 Å². The normalized spacial score (nSPS) is 29.1. The number of fused-ring (bicyclic) bond motifs is 2. The largest absolute Gasteiger partial charge is 0.360 e. The molecule has 1 aliphatic heterocycles. The molecular formula is C18H24FN3O2S2. The maximum atomic E-state index is 13.0. The van der Waals surface area contributed by atoms with Gasteiger partial charge in [-0.05, 0) is 67.6 Å². The van der Waals surface area contributed by atoms with Crippen molar-refractivity contribution in [2.75, 3.05) is 26.2 Å². The molecule has 3 fully saturated rings. The first kappa shape index (κ1) is 18.1. The molecule has 4 rings (SSSR count). The van der Waals surface area contributed by atoms with E-state index in [0.717, 1.165) is 16.9 Å². The first-order valence-corrected chi connectivity index (χ1v) is 11.1. The van der Waals surface area contributed by atoms with Gasteiger partial charge in [0.25, 0.3) is 0 Å². The van der Waals surface area contributed by atoms with Gasteiger partial charge in [0.2, 0.25) is 10.0 Å². The van der Waals surface area contributed by atoms with E-state index in [1.165, 1.54) is 54.3 Å². The number of halogens is 1. The second-order valence-electron chi connectivity index (χ2n) is 7.58. The fourth-order valence-corrected chi connectivity index (χ4v) is 6.31. The van der Waals surface area contributed by atoms with Crippen LogP contribution < -0.4 is 5.32 Å². The number of rotatable bonds is 3. The Morgan fingerprint density at radius 3 is 2.35 bits per heavy atom. The lowest BCUT2D eigenvalue weighted by molar-refractivity contribution is 0.258. The van der Waals surface area contributed by atoms with Gasteiger partial charge < -0.3 is 10.2 Å². The molecule has 2 saturated carbocycles. The molecular weight excluding hydrogens is 373 g/mol. The van der Waals surface area contributed by atoms with Crippen LogP contribution in [0.4, 0.5) is 4.39 Å². The Hall–Kier alpha value is -1.25. The molecule has 2 aliphatic carbocycles. The summed E-state index contributed by atoms with van der Waals surface area (Å²) < 4.78 is 39.9. The van der Waals surface area contributed by atoms with Gasteiger partial charge >= 0.3 is 0 Å². The summed E-state index contributed by atoms with van der Waals surface area (Å²) in [6.45, 7) is 1.93. The van der Waals surface area contributed by atoms with Crippen LogP contribution in [0.3, 0.4) is 0 Å². The van der Waals surface area contributed by atoms with Crippen LogP contribution >= 0.6 is 12.2 Å². The number of benzene rings is 1. The summed E-state index contributed by atoms with van der Waals surface area (Å²) in [5.41, 5.74) is 0. The minimum atomic E-state index is -3.58. The standard InChI is InChI=1S/C18H24FN3O2S2/c19-15-3-5-16(6-4-15)26(23,24)22-9-7-21(8-10-22)18(25)20-17-12-13-1-2-14(17)11-13/h3-6,13-14,17H,1-2,7-12H2,(H,20,25)/t13-,14+,17-/m0/s1. The SMILES string of the molecule is O=S(=O)(c1ccc(F)cc1)N1CCN(C(=S)N[C@H]2C[C@H]3CC[C@@H]2C3)CC1. The minimum absolute atomic E-state index is 0.134. The molecule has 2 bridgehead atoms. The Morgan fingerprint density at radius 2 is 1.77 bits per heavy atom. The van der Waals surface area contributed by atoms with Crippen molar-refractivity contribution in [1.29, 1.82) is 0 Å². The minimum Gasteiger partial charge on any atom is -0.360 e. The number of sulfonamides is 1. The van der Waals surface area contributed by atoms with Gasteiger partial charge in [0.1, 0.15) is 5.82 Å². The monoisotopic (exact) mass is 397 g/mol. The zero-order valence-electron chi connectivity index (χ0n) is 14.6. The number of nitrogens with one attached hydrogen (secondary N) is 1. The van der Waals surface area contributed by atoms with Crippen molar-refractivity contribution in [2.45, 2.75) is 36.6 Å². The van der Waals surface area contributed by atoms with Gasteiger partial charge in [-0.25, -0.2) is 12.8 Å². The van der Waals surface area contributed by atoms with Crippen LogP contribution in [0.15, 0.2) is 29.2 Å². The lowest BCUT2D eigenvalue weighted by Crippen LogP contribution is -2.54. The Morgan fingerprint density at radius 1 is 1.08 bits per heavy atom. The van der Waals surface area contributed by atoms with Crippen molar-refractivity contribution in [1.82, 2.24) is 14.5 Å². The first-order chi connectivity index (χ1) is 12.4. The molecule has 8 heteroatoms. The van der Waals surface area contributed by atoms with Crippen LogP contribution in [0, 0.1) is 17.7 Å². The van der Waals surface area contributed by atoms with Gasteiger partial charge in [-0.15, -0.1) is 0 Å². The number of hydrogen-bond acceptors (Lipinski definition) is 3. The van der Waals surface area contributed by atoms with Crippen LogP contribution in [0.5, 0.6) is 0 Å². The Labute approximate surface area is 159 Å². The summed E-state index contributed by atoms with van der Waals surface area (Å²) in [7, 11) is -3.58. The van der Waals surface area contributed by atoms with Gasteiger partial charge in [-0.3, -0.25) is 0 Å². The predicted octanol–water partition coefficient (Wildman–Crippen LogP) is 2.20. The predicted molar refractivity (Wildman–Crippen MR) is 102 cm³/mol. The van der Waals surface area contributed by atoms with Gasteiger partial charge in [0.15, 0.2) is 5.11 Å². The molecule has 0 amide bonds. The second kappa shape index (κ2) is 7.05. The number of nitrogens with zero attached hydrogens (tertiary/aromatic N) is 2. The molecule has 1 N–H and O–H groups in total. The van der Waals surface area contributed by atoms with E-state index >= 15 is 0 Å². The molecule has 5 nitrogen and oxygen atoms in total. The van der Waals surface area contributed by atoms with Crippen molar-refractivity contribution in [3.8, 4) is 0 Å². The summed E-state index contributed by atoms with van der Waals surface area (Å²) in [6.07, 6.45) is 5.19. The lowest BCUT2D eigenvalue weighted by Gasteiger charge is -2.37. The van der Waals surface area contributed by atoms with Gasteiger partial charge in [-0.2, -0.15) is 4.31 Å². The smallest absolute Gasteiger partial charge is 0.243 e. The zero-order valence-corrected chi connectivity index (χ0v) is 16.2. The Kier molecular flexibility index (Phi) is 4.92. The molecule has 1 aromatic carbocycles. The fourth-order valence-electron chi connectivity index (χ4n) is 4.56. The molecule has 142 valence electrons. The average Bonchev–Trinajstić information content (AvgIpc) is 3.25. The third-order valence-electron chi connectivity index (χ3n) is 6.02. The molecule has 0 aromatic heterocycles. The molecule has 1 heterocycles. The van der Waals surface area contributed by atoms with Gasteiger partial charge in [0, 0.05) is 32.2 Å². The van der Waals surface area contributed by atoms with Crippen LogP contribution in [0.25, 0.3) is 0 Å². The lowest BCUT2D eigenvalue weighted by atomic mass is 9.95. The molecule has 26 heavy (non-hydrogen) atoms. The third-order valence-corrected chi connectivity index (χ3v) is 8.31. The van der Waals surface area contributed by atoms with Crippen LogP contribution in [-0.2, 0) is 10.0 Å². The highest BCUT2D eigenvalue weighted by Gasteiger charge is 2.40. The average molecular weight is 398 g/mol. The van der Waals surface area contributed by atoms with E-state index in [2.05, 4.69) is 10.2 Å². The summed E-state index contributed by atoms with van der Waals surface area (Å²) in [5.74, 6) is 1.17. The molecule has 1 saturated heterocycles. The third kappa shape index (κ3) is 3.46. The van der Waals surface area contributed by atoms with E-state index in [0.29, 0.717) is 32.2 Å². The van der Waals surface area contributed by atoms with E-state index in [-0.39, 0.29) is 4.90 Å². The van der Waals surface area contributed by atoms with Crippen LogP contribution in [0.2, 0.25) is 0 Å². The number of thiocarbonyl (C=S) groups is 1. The Bertz CT molecular complexity index is 776. The quantitative estimate of drug-likeness (QED) is 0.793. The fraction of sp³-hybridized carbons (Fsp3) is 0.611. The Balaban J connectivity index is 1.33. The maximum Gasteiger partial charge on any atom is 0.243 e. The molecule has 0 spiro atoms. The highest BCUT2D eigenvalue weighted by Crippen LogP contribution is 2.44. The van der Waals surface area contributed by atoms with Gasteiger partial charge in [-0.1, -0.05) is 6.42 Å². The zero-order chi connectivity index (χ0) is 18.3. The summed E-state index contributed by atoms with van der Waals surface area (Å²) in [4.78, 5) is 2.20. The number of piperazine rings is 1. The maximum absolute atomic E-state index is 13.0. The molecule has 3 aliphatic rings. The molecule has 0 radical (unpaired) electrons. The number of hydrogen-bond donors (Lipinski definition) is 1. The topological polar surface area (TPSA) is 52.7 Å². The molecule has 0 unspecified atom stereocenters. The van der Waals surface area contributed by atoms with E-state index in [9.17, 15) is 12.8 Å². The summed E-state index contributed by atoms with van der Waals surface area (Å²) in [6, 6.07) is 5.48. The van der Waals surface area contributed by atoms with Crippen molar-refractivity contribution >= 4 is 27.4 Å². The second-order valence-corrected chi connectivity index (χ2v) is 9.90. The van der Waals surface area contributed by atoms with E-state index in [1.807, 2.05) is 0 Å². The van der Waals surface area contributed by atoms with Crippen molar-refractivity contribution in [2.24, 2.45) is 11.8 Å². The summed E-state index contributed by atoms with van der Waals surface area (Å²) in [5, 5.41) is 4.27. The highest BCUT2D eigenvalue weighted by atomic mass is 32.2. The summed E-state index contributed by atoms with van der Waals surface area (Å²) >= 11 is 5.57. The molecule has 3 atom stereocenters. The van der Waals surface area contributed by atoms with Crippen molar-refractivity contribution in [3.63, 3.8) is 0 Å². The van der Waals surface area contributed by atoms with Gasteiger partial charge in [0.05, 0.1) is 4.90 Å². The first-order valence-electron chi connectivity index (χ1n) is 9.24. The van der Waals surface area contributed by atoms with Crippen LogP contribution in [-0.4, -0.2) is 55.0 Å². The molecule has 1 aromatic rings. The van der Waals surface area contributed by atoms with Crippen molar-refractivity contribution < 1.29 is 12.8 Å².